The van der Waals surface area contributed by atoms with E-state index >= 15 is 0 Å². The van der Waals surface area contributed by atoms with Gasteiger partial charge in [-0.05, 0) is 36.2 Å². The minimum Gasteiger partial charge on any atom is -0.361 e. The first-order chi connectivity index (χ1) is 16.1. The number of carbonyl (C=O) groups is 3. The zero-order chi connectivity index (χ0) is 24.6. The molecule has 1 aliphatic rings. The maximum absolute atomic E-state index is 12.9. The fourth-order valence-corrected chi connectivity index (χ4v) is 4.75. The van der Waals surface area contributed by atoms with Crippen LogP contribution in [-0.4, -0.2) is 67.1 Å². The Morgan fingerprint density at radius 1 is 1.15 bits per heavy atom. The maximum Gasteiger partial charge on any atom is 0.325 e. The number of fused-ring (bicyclic) bond motifs is 1. The number of H-pyrrole nitrogens is 1. The summed E-state index contributed by atoms with van der Waals surface area (Å²) in [4.78, 5) is 42.0. The Kier molecular flexibility index (Phi) is 6.15. The average Bonchev–Trinajstić information content (AvgIpc) is 3.31. The van der Waals surface area contributed by atoms with E-state index in [1.807, 2.05) is 24.3 Å². The lowest BCUT2D eigenvalue weighted by atomic mass is 10.1. The first-order valence-electron chi connectivity index (χ1n) is 10.6. The third-order valence-corrected chi connectivity index (χ3v) is 7.58. The molecule has 0 spiro atoms. The Hall–Kier alpha value is -3.70. The molecule has 178 valence electrons. The zero-order valence-corrected chi connectivity index (χ0v) is 19.8. The maximum atomic E-state index is 12.9. The van der Waals surface area contributed by atoms with Crippen LogP contribution in [-0.2, 0) is 26.0 Å². The van der Waals surface area contributed by atoms with Gasteiger partial charge in [0, 0.05) is 43.3 Å². The summed E-state index contributed by atoms with van der Waals surface area (Å²) in [6, 6.07) is 10.6. The molecule has 0 aliphatic carbocycles. The number of imide groups is 1. The molecule has 4 amide bonds. The van der Waals surface area contributed by atoms with Crippen LogP contribution in [0, 0.1) is 6.92 Å². The molecule has 1 fully saturated rings. The highest BCUT2D eigenvalue weighted by molar-refractivity contribution is 7.89. The molecule has 34 heavy (non-hydrogen) atoms. The summed E-state index contributed by atoms with van der Waals surface area (Å²) in [5.41, 5.74) is 2.74. The minimum atomic E-state index is -3.69. The van der Waals surface area contributed by atoms with E-state index in [0.717, 1.165) is 25.7 Å². The molecule has 10 nitrogen and oxygen atoms in total. The molecule has 2 heterocycles. The zero-order valence-electron chi connectivity index (χ0n) is 19.0. The smallest absolute Gasteiger partial charge is 0.325 e. The van der Waals surface area contributed by atoms with E-state index in [2.05, 4.69) is 15.6 Å². The van der Waals surface area contributed by atoms with Gasteiger partial charge in [0.25, 0.3) is 5.91 Å². The second-order valence-corrected chi connectivity index (χ2v) is 10.5. The van der Waals surface area contributed by atoms with Crippen LogP contribution in [0.5, 0.6) is 0 Å². The third-order valence-electron chi connectivity index (χ3n) is 5.77. The van der Waals surface area contributed by atoms with Crippen molar-refractivity contribution < 1.29 is 22.8 Å². The highest BCUT2D eigenvalue weighted by Gasteiger charge is 2.39. The Labute approximate surface area is 197 Å². The fraction of sp³-hybridized carbons (Fsp3) is 0.261. The fourth-order valence-electron chi connectivity index (χ4n) is 3.83. The molecule has 1 unspecified atom stereocenters. The van der Waals surface area contributed by atoms with Crippen molar-refractivity contribution in [2.75, 3.05) is 26.0 Å². The van der Waals surface area contributed by atoms with E-state index in [0.29, 0.717) is 5.56 Å². The van der Waals surface area contributed by atoms with Crippen LogP contribution in [0.1, 0.15) is 11.1 Å². The van der Waals surface area contributed by atoms with E-state index < -0.39 is 40.5 Å². The Morgan fingerprint density at radius 2 is 1.88 bits per heavy atom. The minimum absolute atomic E-state index is 0.0205. The van der Waals surface area contributed by atoms with Crippen LogP contribution in [0.25, 0.3) is 10.9 Å². The lowest BCUT2D eigenvalue weighted by Gasteiger charge is -2.16. The summed E-state index contributed by atoms with van der Waals surface area (Å²) in [5.74, 6) is -1.11. The van der Waals surface area contributed by atoms with E-state index in [1.54, 1.807) is 19.2 Å². The van der Waals surface area contributed by atoms with Gasteiger partial charge in [-0.3, -0.25) is 14.5 Å². The van der Waals surface area contributed by atoms with E-state index in [9.17, 15) is 22.8 Å². The first-order valence-corrected chi connectivity index (χ1v) is 12.0. The van der Waals surface area contributed by atoms with Gasteiger partial charge in [-0.1, -0.05) is 24.3 Å². The van der Waals surface area contributed by atoms with Gasteiger partial charge in [0.15, 0.2) is 0 Å². The molecule has 2 aromatic carbocycles. The number of nitrogens with zero attached hydrogens (tertiary/aromatic N) is 2. The molecule has 1 aromatic heterocycles. The average molecular weight is 484 g/mol. The van der Waals surface area contributed by atoms with Crippen LogP contribution >= 0.6 is 0 Å². The summed E-state index contributed by atoms with van der Waals surface area (Å²) in [5, 5.41) is 6.21. The number of aromatic nitrogens is 1. The SMILES string of the molecule is Cc1ccc(S(=O)(=O)N(C)C)cc1NC(=O)CN1C(=O)NC(Cc2c[nH]c3ccccc23)C1=O. The highest BCUT2D eigenvalue weighted by atomic mass is 32.2. The standard InChI is InChI=1S/C23H25N5O5S/c1-14-8-9-16(34(32,33)27(2)3)11-19(14)25-21(29)13-28-22(30)20(26-23(28)31)10-15-12-24-18-7-5-4-6-17(15)18/h4-9,11-12,20,24H,10,13H2,1-3H3,(H,25,29)(H,26,31). The third kappa shape index (κ3) is 4.39. The molecular formula is C23H25N5O5S. The van der Waals surface area contributed by atoms with Crippen molar-refractivity contribution in [1.29, 1.82) is 0 Å². The molecule has 3 N–H and O–H groups in total. The van der Waals surface area contributed by atoms with Crippen molar-refractivity contribution in [3.8, 4) is 0 Å². The number of rotatable bonds is 7. The lowest BCUT2D eigenvalue weighted by Crippen LogP contribution is -2.38. The Morgan fingerprint density at radius 3 is 2.62 bits per heavy atom. The number of para-hydroxylation sites is 1. The molecule has 3 aromatic rings. The Bertz CT molecular complexity index is 1400. The van der Waals surface area contributed by atoms with Gasteiger partial charge in [-0.15, -0.1) is 0 Å². The predicted molar refractivity (Wildman–Crippen MR) is 127 cm³/mol. The van der Waals surface area contributed by atoms with E-state index in [4.69, 9.17) is 0 Å². The molecule has 0 saturated carbocycles. The van der Waals surface area contributed by atoms with Crippen molar-refractivity contribution in [1.82, 2.24) is 19.5 Å². The molecule has 1 saturated heterocycles. The van der Waals surface area contributed by atoms with Gasteiger partial charge < -0.3 is 15.6 Å². The van der Waals surface area contributed by atoms with Gasteiger partial charge in [-0.2, -0.15) is 0 Å². The van der Waals surface area contributed by atoms with Crippen LogP contribution < -0.4 is 10.6 Å². The summed E-state index contributed by atoms with van der Waals surface area (Å²) < 4.78 is 25.9. The normalized spacial score (nSPS) is 16.4. The van der Waals surface area contributed by atoms with E-state index in [1.165, 1.54) is 26.2 Å². The summed E-state index contributed by atoms with van der Waals surface area (Å²) in [6.45, 7) is 1.23. The number of sulfonamides is 1. The van der Waals surface area contributed by atoms with Gasteiger partial charge in [0.05, 0.1) is 4.90 Å². The summed E-state index contributed by atoms with van der Waals surface area (Å²) >= 11 is 0. The van der Waals surface area contributed by atoms with Gasteiger partial charge in [0.2, 0.25) is 15.9 Å². The molecule has 1 atom stereocenters. The van der Waals surface area contributed by atoms with Crippen molar-refractivity contribution in [2.45, 2.75) is 24.3 Å². The van der Waals surface area contributed by atoms with Crippen LogP contribution in [0.15, 0.2) is 53.6 Å². The number of hydrogen-bond donors (Lipinski definition) is 3. The molecule has 1 aliphatic heterocycles. The second kappa shape index (κ2) is 8.92. The van der Waals surface area contributed by atoms with Crippen molar-refractivity contribution in [3.63, 3.8) is 0 Å². The number of aryl methyl sites for hydroxylation is 1. The quantitative estimate of drug-likeness (QED) is 0.441. The van der Waals surface area contributed by atoms with E-state index in [-0.39, 0.29) is 17.0 Å². The predicted octanol–water partition coefficient (Wildman–Crippen LogP) is 1.83. The number of hydrogen-bond acceptors (Lipinski definition) is 5. The molecule has 0 radical (unpaired) electrons. The number of amides is 4. The Balaban J connectivity index is 1.45. The number of carbonyl (C=O) groups excluding carboxylic acids is 3. The van der Waals surface area contributed by atoms with Gasteiger partial charge >= 0.3 is 6.03 Å². The largest absolute Gasteiger partial charge is 0.361 e. The number of urea groups is 1. The van der Waals surface area contributed by atoms with Crippen molar-refractivity contribution >= 4 is 44.5 Å². The van der Waals surface area contributed by atoms with Crippen LogP contribution in [0.4, 0.5) is 10.5 Å². The van der Waals surface area contributed by atoms with Crippen LogP contribution in [0.2, 0.25) is 0 Å². The number of benzene rings is 2. The second-order valence-electron chi connectivity index (χ2n) is 8.30. The summed E-state index contributed by atoms with van der Waals surface area (Å²) in [7, 11) is -0.860. The van der Waals surface area contributed by atoms with Crippen LogP contribution in [0.3, 0.4) is 0 Å². The van der Waals surface area contributed by atoms with Gasteiger partial charge in [-0.25, -0.2) is 17.5 Å². The monoisotopic (exact) mass is 483 g/mol. The molecule has 11 heteroatoms. The number of nitrogens with one attached hydrogen (secondary N) is 3. The van der Waals surface area contributed by atoms with Crippen molar-refractivity contribution in [2.24, 2.45) is 0 Å². The summed E-state index contributed by atoms with van der Waals surface area (Å²) in [6.07, 6.45) is 2.09. The highest BCUT2D eigenvalue weighted by Crippen LogP contribution is 2.23. The lowest BCUT2D eigenvalue weighted by molar-refractivity contribution is -0.130. The molecular weight excluding hydrogens is 458 g/mol. The van der Waals surface area contributed by atoms with Gasteiger partial charge in [0.1, 0.15) is 12.6 Å². The van der Waals surface area contributed by atoms with Crippen molar-refractivity contribution in [3.05, 3.63) is 59.8 Å². The number of anilines is 1. The molecule has 4 rings (SSSR count). The topological polar surface area (TPSA) is 132 Å². The molecule has 0 bridgehead atoms. The number of aromatic amines is 1. The first kappa shape index (κ1) is 23.5.